The summed E-state index contributed by atoms with van der Waals surface area (Å²) in [6, 6.07) is 8.14. The molecule has 1 fully saturated rings. The maximum Gasteiger partial charge on any atom is 0.0761 e. The first kappa shape index (κ1) is 11.4. The summed E-state index contributed by atoms with van der Waals surface area (Å²) in [6.07, 6.45) is 0.694. The van der Waals surface area contributed by atoms with Crippen LogP contribution < -0.4 is 4.90 Å². The lowest BCUT2D eigenvalue weighted by molar-refractivity contribution is 0.152. The predicted molar refractivity (Wildman–Crippen MR) is 64.7 cm³/mol. The molecule has 0 aromatic heterocycles. The van der Waals surface area contributed by atoms with E-state index in [-0.39, 0.29) is 6.10 Å². The molecule has 1 aromatic rings. The van der Waals surface area contributed by atoms with E-state index < -0.39 is 0 Å². The molecular formula is C13H19NO2. The molecule has 1 aromatic carbocycles. The van der Waals surface area contributed by atoms with Crippen molar-refractivity contribution in [3.05, 3.63) is 29.8 Å². The fourth-order valence-electron chi connectivity index (χ4n) is 1.97. The topological polar surface area (TPSA) is 32.7 Å². The van der Waals surface area contributed by atoms with Gasteiger partial charge in [-0.1, -0.05) is 12.1 Å². The molecule has 0 unspecified atom stereocenters. The number of hydrogen-bond donors (Lipinski definition) is 1. The Morgan fingerprint density at radius 1 is 1.19 bits per heavy atom. The zero-order chi connectivity index (χ0) is 11.4. The van der Waals surface area contributed by atoms with E-state index in [1.165, 1.54) is 5.69 Å². The van der Waals surface area contributed by atoms with Gasteiger partial charge < -0.3 is 14.7 Å². The lowest BCUT2D eigenvalue weighted by Gasteiger charge is -2.22. The molecule has 1 aliphatic rings. The van der Waals surface area contributed by atoms with Crippen LogP contribution in [0.5, 0.6) is 0 Å². The largest absolute Gasteiger partial charge is 0.389 e. The summed E-state index contributed by atoms with van der Waals surface area (Å²) >= 11 is 0. The molecule has 3 heteroatoms. The fourth-order valence-corrected chi connectivity index (χ4v) is 1.97. The number of ether oxygens (including phenoxy) is 1. The van der Waals surface area contributed by atoms with Crippen molar-refractivity contribution in [2.75, 3.05) is 31.2 Å². The number of nitrogens with zero attached hydrogens (tertiary/aromatic N) is 1. The number of rotatable bonds is 2. The fraction of sp³-hybridized carbons (Fsp3) is 0.538. The quantitative estimate of drug-likeness (QED) is 0.828. The zero-order valence-electron chi connectivity index (χ0n) is 9.72. The zero-order valence-corrected chi connectivity index (χ0v) is 9.72. The molecule has 16 heavy (non-hydrogen) atoms. The molecule has 0 bridgehead atoms. The van der Waals surface area contributed by atoms with Crippen LogP contribution >= 0.6 is 0 Å². The highest BCUT2D eigenvalue weighted by molar-refractivity contribution is 5.48. The molecule has 0 saturated carbocycles. The maximum atomic E-state index is 9.44. The molecule has 3 nitrogen and oxygen atoms in total. The summed E-state index contributed by atoms with van der Waals surface area (Å²) in [4.78, 5) is 2.33. The van der Waals surface area contributed by atoms with E-state index in [0.717, 1.165) is 38.3 Å². The number of anilines is 1. The second-order valence-corrected chi connectivity index (χ2v) is 4.22. The minimum atomic E-state index is -0.387. The van der Waals surface area contributed by atoms with E-state index in [0.29, 0.717) is 0 Å². The third kappa shape index (κ3) is 2.74. The number of benzene rings is 1. The number of aliphatic hydroxyl groups excluding tert-OH is 1. The minimum absolute atomic E-state index is 0.387. The number of aliphatic hydroxyl groups is 1. The monoisotopic (exact) mass is 221 g/mol. The maximum absolute atomic E-state index is 9.44. The Kier molecular flexibility index (Phi) is 3.80. The Morgan fingerprint density at radius 3 is 2.62 bits per heavy atom. The van der Waals surface area contributed by atoms with Crippen LogP contribution in [0.3, 0.4) is 0 Å². The highest BCUT2D eigenvalue weighted by Gasteiger charge is 2.10. The normalized spacial score (nSPS) is 19.2. The molecule has 0 radical (unpaired) electrons. The van der Waals surface area contributed by atoms with Crippen LogP contribution in [0, 0.1) is 0 Å². The molecule has 1 atom stereocenters. The van der Waals surface area contributed by atoms with E-state index in [2.05, 4.69) is 17.0 Å². The van der Waals surface area contributed by atoms with Gasteiger partial charge in [0.25, 0.3) is 0 Å². The summed E-state index contributed by atoms with van der Waals surface area (Å²) in [6.45, 7) is 5.46. The Hall–Kier alpha value is -1.06. The van der Waals surface area contributed by atoms with Gasteiger partial charge >= 0.3 is 0 Å². The van der Waals surface area contributed by atoms with Gasteiger partial charge in [-0.15, -0.1) is 0 Å². The third-order valence-corrected chi connectivity index (χ3v) is 2.96. The van der Waals surface area contributed by atoms with E-state index in [1.807, 2.05) is 12.1 Å². The van der Waals surface area contributed by atoms with E-state index in [9.17, 15) is 5.11 Å². The van der Waals surface area contributed by atoms with Gasteiger partial charge in [-0.25, -0.2) is 0 Å². The summed E-state index contributed by atoms with van der Waals surface area (Å²) in [5.74, 6) is 0. The van der Waals surface area contributed by atoms with Crippen LogP contribution in [0.25, 0.3) is 0 Å². The molecule has 88 valence electrons. The number of hydrogen-bond acceptors (Lipinski definition) is 3. The van der Waals surface area contributed by atoms with Gasteiger partial charge in [0.2, 0.25) is 0 Å². The van der Waals surface area contributed by atoms with Crippen LogP contribution in [0.4, 0.5) is 5.69 Å². The van der Waals surface area contributed by atoms with Crippen molar-refractivity contribution in [3.8, 4) is 0 Å². The molecule has 1 aliphatic heterocycles. The van der Waals surface area contributed by atoms with Gasteiger partial charge in [0, 0.05) is 25.4 Å². The first-order valence-electron chi connectivity index (χ1n) is 5.88. The molecule has 1 saturated heterocycles. The lowest BCUT2D eigenvalue weighted by Crippen LogP contribution is -2.25. The van der Waals surface area contributed by atoms with Crippen molar-refractivity contribution in [1.82, 2.24) is 0 Å². The summed E-state index contributed by atoms with van der Waals surface area (Å²) in [5.41, 5.74) is 2.18. The average Bonchev–Trinajstić information content (AvgIpc) is 2.57. The van der Waals surface area contributed by atoms with Crippen LogP contribution in [0.2, 0.25) is 0 Å². The second kappa shape index (κ2) is 5.32. The van der Waals surface area contributed by atoms with Gasteiger partial charge in [0.15, 0.2) is 0 Å². The van der Waals surface area contributed by atoms with E-state index >= 15 is 0 Å². The first-order chi connectivity index (χ1) is 7.77. The molecule has 0 spiro atoms. The van der Waals surface area contributed by atoms with Gasteiger partial charge in [0.1, 0.15) is 0 Å². The Labute approximate surface area is 96.6 Å². The standard InChI is InChI=1S/C13H19NO2/c1-11(15)12-3-5-13(6-4-12)14-7-2-9-16-10-8-14/h3-6,11,15H,2,7-10H2,1H3/t11-/m1/s1. The van der Waals surface area contributed by atoms with Gasteiger partial charge in [-0.2, -0.15) is 0 Å². The van der Waals surface area contributed by atoms with Crippen molar-refractivity contribution in [2.45, 2.75) is 19.4 Å². The van der Waals surface area contributed by atoms with Gasteiger partial charge in [-0.05, 0) is 31.0 Å². The second-order valence-electron chi connectivity index (χ2n) is 4.22. The third-order valence-electron chi connectivity index (χ3n) is 2.96. The highest BCUT2D eigenvalue weighted by Crippen LogP contribution is 2.19. The molecular weight excluding hydrogens is 202 g/mol. The Bertz CT molecular complexity index is 313. The van der Waals surface area contributed by atoms with Crippen molar-refractivity contribution in [3.63, 3.8) is 0 Å². The lowest BCUT2D eigenvalue weighted by atomic mass is 10.1. The van der Waals surface area contributed by atoms with Crippen LogP contribution in [0.1, 0.15) is 25.0 Å². The van der Waals surface area contributed by atoms with Crippen molar-refractivity contribution < 1.29 is 9.84 Å². The van der Waals surface area contributed by atoms with Crippen LogP contribution in [-0.2, 0) is 4.74 Å². The SMILES string of the molecule is C[C@@H](O)c1ccc(N2CCCOCC2)cc1. The molecule has 0 amide bonds. The van der Waals surface area contributed by atoms with Gasteiger partial charge in [0.05, 0.1) is 12.7 Å². The van der Waals surface area contributed by atoms with Crippen molar-refractivity contribution in [2.24, 2.45) is 0 Å². The first-order valence-corrected chi connectivity index (χ1v) is 5.88. The van der Waals surface area contributed by atoms with E-state index in [4.69, 9.17) is 4.74 Å². The predicted octanol–water partition coefficient (Wildman–Crippen LogP) is 1.97. The summed E-state index contributed by atoms with van der Waals surface area (Å²) in [7, 11) is 0. The smallest absolute Gasteiger partial charge is 0.0761 e. The Morgan fingerprint density at radius 2 is 1.94 bits per heavy atom. The van der Waals surface area contributed by atoms with Crippen molar-refractivity contribution >= 4 is 5.69 Å². The highest BCUT2D eigenvalue weighted by atomic mass is 16.5. The Balaban J connectivity index is 2.07. The molecule has 0 aliphatic carbocycles. The molecule has 1 heterocycles. The van der Waals surface area contributed by atoms with Gasteiger partial charge in [-0.3, -0.25) is 0 Å². The van der Waals surface area contributed by atoms with Crippen molar-refractivity contribution in [1.29, 1.82) is 0 Å². The van der Waals surface area contributed by atoms with E-state index in [1.54, 1.807) is 6.92 Å². The van der Waals surface area contributed by atoms with Crippen LogP contribution in [-0.4, -0.2) is 31.4 Å². The summed E-state index contributed by atoms with van der Waals surface area (Å²) in [5, 5.41) is 9.44. The molecule has 2 rings (SSSR count). The molecule has 1 N–H and O–H groups in total. The minimum Gasteiger partial charge on any atom is -0.389 e. The summed E-state index contributed by atoms with van der Waals surface area (Å²) < 4.78 is 5.43. The van der Waals surface area contributed by atoms with Crippen LogP contribution in [0.15, 0.2) is 24.3 Å². The average molecular weight is 221 g/mol.